The van der Waals surface area contributed by atoms with Gasteiger partial charge in [-0.15, -0.1) is 0 Å². The lowest BCUT2D eigenvalue weighted by molar-refractivity contribution is -0.138. The maximum atomic E-state index is 11.0. The molecule has 1 heterocycles. The fourth-order valence-electron chi connectivity index (χ4n) is 1.89. The van der Waals surface area contributed by atoms with Crippen molar-refractivity contribution in [3.63, 3.8) is 0 Å². The van der Waals surface area contributed by atoms with Crippen molar-refractivity contribution in [2.24, 2.45) is 0 Å². The van der Waals surface area contributed by atoms with Gasteiger partial charge >= 0.3 is 5.97 Å². The zero-order valence-electron chi connectivity index (χ0n) is 9.34. The molecule has 0 amide bonds. The van der Waals surface area contributed by atoms with Gasteiger partial charge in [-0.1, -0.05) is 18.2 Å². The molecule has 2 aromatic rings. The SMILES string of the molecule is CCn1ncc2cccc(C(C)C(=O)O)c21. The van der Waals surface area contributed by atoms with Crippen molar-refractivity contribution in [3.8, 4) is 0 Å². The van der Waals surface area contributed by atoms with Crippen LogP contribution in [0.5, 0.6) is 0 Å². The first-order chi connectivity index (χ1) is 7.65. The molecule has 0 spiro atoms. The molecule has 0 bridgehead atoms. The molecule has 1 aromatic heterocycles. The van der Waals surface area contributed by atoms with E-state index in [4.69, 9.17) is 5.11 Å². The third-order valence-electron chi connectivity index (χ3n) is 2.83. The molecule has 84 valence electrons. The summed E-state index contributed by atoms with van der Waals surface area (Å²) in [6.45, 7) is 4.44. The number of hydrogen-bond acceptors (Lipinski definition) is 2. The zero-order valence-corrected chi connectivity index (χ0v) is 9.34. The van der Waals surface area contributed by atoms with Crippen LogP contribution in [0.15, 0.2) is 24.4 Å². The summed E-state index contributed by atoms with van der Waals surface area (Å²) in [5.41, 5.74) is 1.75. The highest BCUT2D eigenvalue weighted by molar-refractivity contribution is 5.88. The average molecular weight is 218 g/mol. The van der Waals surface area contributed by atoms with E-state index >= 15 is 0 Å². The summed E-state index contributed by atoms with van der Waals surface area (Å²) >= 11 is 0. The van der Waals surface area contributed by atoms with Gasteiger partial charge in [-0.2, -0.15) is 5.10 Å². The number of benzene rings is 1. The number of hydrogen-bond donors (Lipinski definition) is 1. The molecule has 1 N–H and O–H groups in total. The Hall–Kier alpha value is -1.84. The summed E-state index contributed by atoms with van der Waals surface area (Å²) < 4.78 is 1.84. The second-order valence-corrected chi connectivity index (χ2v) is 3.81. The number of aromatic nitrogens is 2. The number of rotatable bonds is 3. The Balaban J connectivity index is 2.68. The van der Waals surface area contributed by atoms with E-state index in [-0.39, 0.29) is 0 Å². The van der Waals surface area contributed by atoms with Crippen LogP contribution in [0.2, 0.25) is 0 Å². The van der Waals surface area contributed by atoms with E-state index in [1.165, 1.54) is 0 Å². The molecule has 16 heavy (non-hydrogen) atoms. The summed E-state index contributed by atoms with van der Waals surface area (Å²) in [5, 5.41) is 14.3. The van der Waals surface area contributed by atoms with Gasteiger partial charge in [0.05, 0.1) is 17.6 Å². The molecule has 0 radical (unpaired) electrons. The maximum absolute atomic E-state index is 11.0. The molecule has 0 aliphatic heterocycles. The van der Waals surface area contributed by atoms with E-state index in [1.54, 1.807) is 13.1 Å². The average Bonchev–Trinajstić information content (AvgIpc) is 2.70. The summed E-state index contributed by atoms with van der Waals surface area (Å²) in [7, 11) is 0. The van der Waals surface area contributed by atoms with Crippen LogP contribution in [-0.4, -0.2) is 20.9 Å². The van der Waals surface area contributed by atoms with Gasteiger partial charge in [0.25, 0.3) is 0 Å². The number of aliphatic carboxylic acids is 1. The fraction of sp³-hybridized carbons (Fsp3) is 0.333. The number of nitrogens with zero attached hydrogens (tertiary/aromatic N) is 2. The molecule has 1 aromatic carbocycles. The Morgan fingerprint density at radius 2 is 2.31 bits per heavy atom. The van der Waals surface area contributed by atoms with E-state index < -0.39 is 11.9 Å². The number of carboxylic acid groups (broad SMARTS) is 1. The predicted octanol–water partition coefficient (Wildman–Crippen LogP) is 2.24. The van der Waals surface area contributed by atoms with Crippen molar-refractivity contribution in [1.82, 2.24) is 9.78 Å². The minimum absolute atomic E-state index is 0.509. The van der Waals surface area contributed by atoms with Gasteiger partial charge in [0.15, 0.2) is 0 Å². The van der Waals surface area contributed by atoms with Crippen LogP contribution in [0.3, 0.4) is 0 Å². The first-order valence-corrected chi connectivity index (χ1v) is 5.32. The second kappa shape index (κ2) is 3.96. The highest BCUT2D eigenvalue weighted by Gasteiger charge is 2.18. The number of fused-ring (bicyclic) bond motifs is 1. The Morgan fingerprint density at radius 3 is 2.94 bits per heavy atom. The van der Waals surface area contributed by atoms with Crippen LogP contribution >= 0.6 is 0 Å². The van der Waals surface area contributed by atoms with Gasteiger partial charge in [0.2, 0.25) is 0 Å². The number of para-hydroxylation sites is 1. The van der Waals surface area contributed by atoms with E-state index in [2.05, 4.69) is 5.10 Å². The molecular formula is C12H14N2O2. The normalized spacial score (nSPS) is 12.9. The molecule has 0 saturated heterocycles. The Morgan fingerprint density at radius 1 is 1.56 bits per heavy atom. The smallest absolute Gasteiger partial charge is 0.310 e. The fourth-order valence-corrected chi connectivity index (χ4v) is 1.89. The van der Waals surface area contributed by atoms with E-state index in [0.29, 0.717) is 0 Å². The van der Waals surface area contributed by atoms with Crippen LogP contribution in [0.25, 0.3) is 10.9 Å². The predicted molar refractivity (Wildman–Crippen MR) is 61.5 cm³/mol. The maximum Gasteiger partial charge on any atom is 0.310 e. The van der Waals surface area contributed by atoms with Gasteiger partial charge in [-0.05, 0) is 19.4 Å². The Bertz CT molecular complexity index is 531. The van der Waals surface area contributed by atoms with Crippen molar-refractivity contribution < 1.29 is 9.90 Å². The molecule has 4 nitrogen and oxygen atoms in total. The quantitative estimate of drug-likeness (QED) is 0.859. The summed E-state index contributed by atoms with van der Waals surface area (Å²) in [5.74, 6) is -1.32. The lowest BCUT2D eigenvalue weighted by atomic mass is 9.99. The number of carboxylic acids is 1. The van der Waals surface area contributed by atoms with Crippen LogP contribution in [0.4, 0.5) is 0 Å². The van der Waals surface area contributed by atoms with Crippen LogP contribution in [0.1, 0.15) is 25.3 Å². The number of aryl methyl sites for hydroxylation is 1. The van der Waals surface area contributed by atoms with Crippen LogP contribution in [-0.2, 0) is 11.3 Å². The first kappa shape index (κ1) is 10.7. The van der Waals surface area contributed by atoms with Crippen molar-refractivity contribution in [3.05, 3.63) is 30.0 Å². The molecule has 0 saturated carbocycles. The second-order valence-electron chi connectivity index (χ2n) is 3.81. The highest BCUT2D eigenvalue weighted by Crippen LogP contribution is 2.25. The molecule has 1 atom stereocenters. The monoisotopic (exact) mass is 218 g/mol. The molecule has 0 aliphatic carbocycles. The lowest BCUT2D eigenvalue weighted by Crippen LogP contribution is -2.09. The van der Waals surface area contributed by atoms with Crippen molar-refractivity contribution in [1.29, 1.82) is 0 Å². The van der Waals surface area contributed by atoms with E-state index in [1.807, 2.05) is 29.8 Å². The summed E-state index contributed by atoms with van der Waals surface area (Å²) in [4.78, 5) is 11.0. The third-order valence-corrected chi connectivity index (χ3v) is 2.83. The summed E-state index contributed by atoms with van der Waals surface area (Å²) in [6.07, 6.45) is 1.77. The largest absolute Gasteiger partial charge is 0.481 e. The van der Waals surface area contributed by atoms with Crippen molar-refractivity contribution in [2.75, 3.05) is 0 Å². The van der Waals surface area contributed by atoms with Gasteiger partial charge in [0.1, 0.15) is 0 Å². The lowest BCUT2D eigenvalue weighted by Gasteiger charge is -2.10. The van der Waals surface area contributed by atoms with Crippen LogP contribution in [0, 0.1) is 0 Å². The van der Waals surface area contributed by atoms with E-state index in [0.717, 1.165) is 23.0 Å². The van der Waals surface area contributed by atoms with Crippen LogP contribution < -0.4 is 0 Å². The first-order valence-electron chi connectivity index (χ1n) is 5.32. The highest BCUT2D eigenvalue weighted by atomic mass is 16.4. The minimum atomic E-state index is -0.809. The minimum Gasteiger partial charge on any atom is -0.481 e. The van der Waals surface area contributed by atoms with E-state index in [9.17, 15) is 4.79 Å². The Labute approximate surface area is 93.5 Å². The van der Waals surface area contributed by atoms with Gasteiger partial charge < -0.3 is 5.11 Å². The number of carbonyl (C=O) groups is 1. The zero-order chi connectivity index (χ0) is 11.7. The van der Waals surface area contributed by atoms with Gasteiger partial charge in [-0.3, -0.25) is 9.48 Å². The van der Waals surface area contributed by atoms with Gasteiger partial charge in [0, 0.05) is 11.9 Å². The molecule has 1 unspecified atom stereocenters. The molecule has 2 rings (SSSR count). The molecule has 4 heteroatoms. The molecule has 0 fully saturated rings. The molecule has 0 aliphatic rings. The Kier molecular flexibility index (Phi) is 2.64. The standard InChI is InChI=1S/C12H14N2O2/c1-3-14-11-9(7-13-14)5-4-6-10(11)8(2)12(15)16/h4-8H,3H2,1-2H3,(H,15,16). The van der Waals surface area contributed by atoms with Crippen molar-refractivity contribution in [2.45, 2.75) is 26.3 Å². The molecular weight excluding hydrogens is 204 g/mol. The van der Waals surface area contributed by atoms with Crippen molar-refractivity contribution >= 4 is 16.9 Å². The summed E-state index contributed by atoms with van der Waals surface area (Å²) in [6, 6.07) is 5.68. The third kappa shape index (κ3) is 1.56. The van der Waals surface area contributed by atoms with Gasteiger partial charge in [-0.25, -0.2) is 0 Å². The topological polar surface area (TPSA) is 55.1 Å².